The van der Waals surface area contributed by atoms with Gasteiger partial charge in [0.05, 0.1) is 5.56 Å². The number of halogens is 3. The number of benzene rings is 1. The highest BCUT2D eigenvalue weighted by Gasteiger charge is 2.37. The number of rotatable bonds is 2. The highest BCUT2D eigenvalue weighted by Crippen LogP contribution is 2.46. The summed E-state index contributed by atoms with van der Waals surface area (Å²) in [6, 6.07) is 4.45. The molecule has 1 aromatic carbocycles. The first-order valence-corrected chi connectivity index (χ1v) is 4.86. The Morgan fingerprint density at radius 2 is 1.93 bits per heavy atom. The van der Waals surface area contributed by atoms with Gasteiger partial charge in [0.1, 0.15) is 0 Å². The zero-order valence-corrected chi connectivity index (χ0v) is 8.14. The van der Waals surface area contributed by atoms with Gasteiger partial charge in [-0.3, -0.25) is 0 Å². The van der Waals surface area contributed by atoms with Crippen molar-refractivity contribution in [1.82, 2.24) is 0 Å². The van der Waals surface area contributed by atoms with Crippen molar-refractivity contribution in [3.63, 3.8) is 0 Å². The van der Waals surface area contributed by atoms with E-state index in [4.69, 9.17) is 0 Å². The maximum Gasteiger partial charge on any atom is 0.416 e. The molecule has 0 N–H and O–H groups in total. The van der Waals surface area contributed by atoms with E-state index in [9.17, 15) is 13.2 Å². The molecule has 1 aliphatic rings. The molecule has 80 valence electrons. The molecule has 3 heteroatoms. The molecular formula is C12H11F3. The lowest BCUT2D eigenvalue weighted by Gasteiger charge is -2.13. The zero-order chi connectivity index (χ0) is 11.1. The van der Waals surface area contributed by atoms with Crippen LogP contribution in [0.1, 0.15) is 35.4 Å². The summed E-state index contributed by atoms with van der Waals surface area (Å²) in [5.74, 6) is 0.112. The summed E-state index contributed by atoms with van der Waals surface area (Å²) in [7, 11) is 0. The minimum absolute atomic E-state index is 0.112. The van der Waals surface area contributed by atoms with E-state index in [1.165, 1.54) is 12.1 Å². The van der Waals surface area contributed by atoms with Crippen molar-refractivity contribution in [2.45, 2.75) is 24.9 Å². The Bertz CT molecular complexity index is 386. The zero-order valence-electron chi connectivity index (χ0n) is 8.14. The first-order chi connectivity index (χ1) is 7.02. The largest absolute Gasteiger partial charge is 0.416 e. The molecule has 0 unspecified atom stereocenters. The van der Waals surface area contributed by atoms with Gasteiger partial charge in [-0.1, -0.05) is 24.8 Å². The van der Waals surface area contributed by atoms with Gasteiger partial charge in [0.2, 0.25) is 0 Å². The van der Waals surface area contributed by atoms with E-state index < -0.39 is 11.7 Å². The van der Waals surface area contributed by atoms with E-state index >= 15 is 0 Å². The maximum absolute atomic E-state index is 12.7. The summed E-state index contributed by atoms with van der Waals surface area (Å²) in [5.41, 5.74) is 0.460. The van der Waals surface area contributed by atoms with E-state index in [1.807, 2.05) is 0 Å². The monoisotopic (exact) mass is 212 g/mol. The third-order valence-electron chi connectivity index (χ3n) is 2.64. The van der Waals surface area contributed by atoms with E-state index in [0.717, 1.165) is 12.8 Å². The highest BCUT2D eigenvalue weighted by molar-refractivity contribution is 5.51. The Balaban J connectivity index is 2.50. The maximum atomic E-state index is 12.7. The Labute approximate surface area is 86.4 Å². The van der Waals surface area contributed by atoms with E-state index in [0.29, 0.717) is 11.1 Å². The predicted molar refractivity (Wildman–Crippen MR) is 53.5 cm³/mol. The quantitative estimate of drug-likeness (QED) is 0.688. The van der Waals surface area contributed by atoms with Crippen LogP contribution in [0.5, 0.6) is 0 Å². The highest BCUT2D eigenvalue weighted by atomic mass is 19.4. The van der Waals surface area contributed by atoms with E-state index in [1.54, 1.807) is 12.1 Å². The Morgan fingerprint density at radius 3 is 2.40 bits per heavy atom. The topological polar surface area (TPSA) is 0 Å². The smallest absolute Gasteiger partial charge is 0.166 e. The summed E-state index contributed by atoms with van der Waals surface area (Å²) < 4.78 is 38.2. The second kappa shape index (κ2) is 3.40. The van der Waals surface area contributed by atoms with Gasteiger partial charge in [-0.25, -0.2) is 0 Å². The summed E-state index contributed by atoms with van der Waals surface area (Å²) in [6.07, 6.45) is -1.07. The van der Waals surface area contributed by atoms with Gasteiger partial charge < -0.3 is 0 Å². The van der Waals surface area contributed by atoms with Crippen LogP contribution >= 0.6 is 0 Å². The Kier molecular flexibility index (Phi) is 2.33. The van der Waals surface area contributed by atoms with Gasteiger partial charge in [-0.2, -0.15) is 13.2 Å². The van der Waals surface area contributed by atoms with Crippen LogP contribution in [0.15, 0.2) is 24.8 Å². The molecule has 1 aliphatic carbocycles. The minimum Gasteiger partial charge on any atom is -0.166 e. The molecule has 0 spiro atoms. The van der Waals surface area contributed by atoms with Gasteiger partial charge >= 0.3 is 6.18 Å². The van der Waals surface area contributed by atoms with Gasteiger partial charge in [-0.15, -0.1) is 0 Å². The first kappa shape index (κ1) is 10.3. The molecule has 0 aromatic heterocycles. The van der Waals surface area contributed by atoms with E-state index in [-0.39, 0.29) is 5.92 Å². The van der Waals surface area contributed by atoms with Crippen molar-refractivity contribution in [3.8, 4) is 0 Å². The van der Waals surface area contributed by atoms with Crippen LogP contribution in [0.3, 0.4) is 0 Å². The Hall–Kier alpha value is -1.25. The summed E-state index contributed by atoms with van der Waals surface area (Å²) in [6.45, 7) is 3.48. The molecule has 1 saturated carbocycles. The summed E-state index contributed by atoms with van der Waals surface area (Å²) >= 11 is 0. The standard InChI is InChI=1S/C12H11F3/c1-2-8-3-6-10(9-4-5-9)11(7-8)12(13,14)15/h2-3,6-7,9H,1,4-5H2. The molecule has 15 heavy (non-hydrogen) atoms. The second-order valence-corrected chi connectivity index (χ2v) is 3.82. The van der Waals surface area contributed by atoms with Crippen molar-refractivity contribution in [2.75, 3.05) is 0 Å². The molecule has 0 aliphatic heterocycles. The van der Waals surface area contributed by atoms with Crippen LogP contribution in [-0.4, -0.2) is 0 Å². The van der Waals surface area contributed by atoms with Gasteiger partial charge in [-0.05, 0) is 36.0 Å². The van der Waals surface area contributed by atoms with Crippen LogP contribution in [-0.2, 0) is 6.18 Å². The Morgan fingerprint density at radius 1 is 1.27 bits per heavy atom. The van der Waals surface area contributed by atoms with Gasteiger partial charge in [0, 0.05) is 0 Å². The van der Waals surface area contributed by atoms with Crippen LogP contribution in [0.4, 0.5) is 13.2 Å². The lowest BCUT2D eigenvalue weighted by atomic mass is 10.00. The molecule has 0 saturated heterocycles. The average molecular weight is 212 g/mol. The van der Waals surface area contributed by atoms with Gasteiger partial charge in [0.15, 0.2) is 0 Å². The fourth-order valence-electron chi connectivity index (χ4n) is 1.70. The predicted octanol–water partition coefficient (Wildman–Crippen LogP) is 4.23. The average Bonchev–Trinajstić information content (AvgIpc) is 2.99. The number of alkyl halides is 3. The van der Waals surface area contributed by atoms with Crippen molar-refractivity contribution >= 4 is 6.08 Å². The van der Waals surface area contributed by atoms with Crippen molar-refractivity contribution < 1.29 is 13.2 Å². The van der Waals surface area contributed by atoms with Crippen LogP contribution < -0.4 is 0 Å². The fraction of sp³-hybridized carbons (Fsp3) is 0.333. The lowest BCUT2D eigenvalue weighted by Crippen LogP contribution is -2.08. The number of hydrogen-bond acceptors (Lipinski definition) is 0. The number of hydrogen-bond donors (Lipinski definition) is 0. The van der Waals surface area contributed by atoms with Crippen molar-refractivity contribution in [3.05, 3.63) is 41.5 Å². The van der Waals surface area contributed by atoms with E-state index in [2.05, 4.69) is 6.58 Å². The normalized spacial score (nSPS) is 16.5. The van der Waals surface area contributed by atoms with Crippen LogP contribution in [0.25, 0.3) is 6.08 Å². The minimum atomic E-state index is -4.25. The van der Waals surface area contributed by atoms with Crippen LogP contribution in [0.2, 0.25) is 0 Å². The molecular weight excluding hydrogens is 201 g/mol. The fourth-order valence-corrected chi connectivity index (χ4v) is 1.70. The SMILES string of the molecule is C=Cc1ccc(C2CC2)c(C(F)(F)F)c1. The molecule has 0 atom stereocenters. The summed E-state index contributed by atoms with van der Waals surface area (Å²) in [5, 5.41) is 0. The molecule has 1 fully saturated rings. The first-order valence-electron chi connectivity index (χ1n) is 4.86. The third kappa shape index (κ3) is 2.06. The molecule has 0 heterocycles. The van der Waals surface area contributed by atoms with Crippen molar-refractivity contribution in [2.24, 2.45) is 0 Å². The molecule has 2 rings (SSSR count). The molecule has 0 radical (unpaired) electrons. The third-order valence-corrected chi connectivity index (χ3v) is 2.64. The molecule has 1 aromatic rings. The summed E-state index contributed by atoms with van der Waals surface area (Å²) in [4.78, 5) is 0. The van der Waals surface area contributed by atoms with Crippen LogP contribution in [0, 0.1) is 0 Å². The molecule has 0 amide bonds. The lowest BCUT2D eigenvalue weighted by molar-refractivity contribution is -0.138. The molecule has 0 nitrogen and oxygen atoms in total. The molecule has 0 bridgehead atoms. The second-order valence-electron chi connectivity index (χ2n) is 3.82. The van der Waals surface area contributed by atoms with Crippen molar-refractivity contribution in [1.29, 1.82) is 0 Å². The van der Waals surface area contributed by atoms with Gasteiger partial charge in [0.25, 0.3) is 0 Å².